The lowest BCUT2D eigenvalue weighted by Crippen LogP contribution is -2.17. The molecule has 1 unspecified atom stereocenters. The molecule has 0 aliphatic rings. The molecule has 0 aromatic heterocycles. The van der Waals surface area contributed by atoms with E-state index in [-0.39, 0.29) is 0 Å². The van der Waals surface area contributed by atoms with E-state index in [4.69, 9.17) is 4.74 Å². The Labute approximate surface area is 82.3 Å². The third-order valence-electron chi connectivity index (χ3n) is 1.71. The molecule has 0 N–H and O–H groups in total. The van der Waals surface area contributed by atoms with Crippen LogP contribution in [0.25, 0.3) is 0 Å². The lowest BCUT2D eigenvalue weighted by molar-refractivity contribution is -0.156. The highest BCUT2D eigenvalue weighted by atomic mass is 19.4. The summed E-state index contributed by atoms with van der Waals surface area (Å²) in [5.74, 6) is -0.985. The zero-order valence-electron chi connectivity index (χ0n) is 8.56. The second-order valence-corrected chi connectivity index (χ2v) is 2.91. The van der Waals surface area contributed by atoms with Gasteiger partial charge in [-0.05, 0) is 18.6 Å². The highest BCUT2D eigenvalue weighted by Gasteiger charge is 2.33. The molecule has 0 aromatic rings. The number of alkyl halides is 3. The van der Waals surface area contributed by atoms with Gasteiger partial charge in [0, 0.05) is 0 Å². The minimum atomic E-state index is -4.18. The number of halogens is 3. The molecule has 0 amide bonds. The van der Waals surface area contributed by atoms with E-state index in [1.807, 2.05) is 6.92 Å². The summed E-state index contributed by atoms with van der Waals surface area (Å²) in [4.78, 5) is 0. The molecule has 1 atom stereocenters. The van der Waals surface area contributed by atoms with Crippen LogP contribution in [-0.2, 0) is 4.74 Å². The van der Waals surface area contributed by atoms with Crippen LogP contribution in [0.15, 0.2) is 24.0 Å². The molecule has 0 spiro atoms. The van der Waals surface area contributed by atoms with Gasteiger partial charge in [-0.15, -0.1) is 0 Å². The molecule has 0 fully saturated rings. The standard InChI is InChI=1S/C10H15F3O/c1-4-5-9(14-3)7-6-8(2)10(11,12)13/h5-8H,4H2,1-3H3/b7-6-,9-5+. The van der Waals surface area contributed by atoms with Crippen LogP contribution in [0, 0.1) is 5.92 Å². The van der Waals surface area contributed by atoms with E-state index in [2.05, 4.69) is 0 Å². The summed E-state index contributed by atoms with van der Waals surface area (Å²) >= 11 is 0. The summed E-state index contributed by atoms with van der Waals surface area (Å²) in [5, 5.41) is 0. The molecule has 0 rings (SSSR count). The Kier molecular flexibility index (Phi) is 5.35. The van der Waals surface area contributed by atoms with Gasteiger partial charge in [0.15, 0.2) is 0 Å². The van der Waals surface area contributed by atoms with Crippen LogP contribution in [0.4, 0.5) is 13.2 Å². The maximum atomic E-state index is 12.1. The van der Waals surface area contributed by atoms with Crippen LogP contribution in [0.3, 0.4) is 0 Å². The van der Waals surface area contributed by atoms with E-state index in [9.17, 15) is 13.2 Å². The number of methoxy groups -OCH3 is 1. The first-order valence-electron chi connectivity index (χ1n) is 4.40. The number of hydrogen-bond donors (Lipinski definition) is 0. The third kappa shape index (κ3) is 4.94. The van der Waals surface area contributed by atoms with Crippen LogP contribution in [0.2, 0.25) is 0 Å². The van der Waals surface area contributed by atoms with E-state index in [0.717, 1.165) is 19.4 Å². The van der Waals surface area contributed by atoms with E-state index >= 15 is 0 Å². The summed E-state index contributed by atoms with van der Waals surface area (Å²) in [6.07, 6.45) is 0.710. The summed E-state index contributed by atoms with van der Waals surface area (Å²) in [7, 11) is 1.43. The monoisotopic (exact) mass is 208 g/mol. The molecule has 0 aliphatic heterocycles. The first kappa shape index (κ1) is 13.1. The third-order valence-corrected chi connectivity index (χ3v) is 1.71. The van der Waals surface area contributed by atoms with Gasteiger partial charge in [0.05, 0.1) is 13.0 Å². The highest BCUT2D eigenvalue weighted by molar-refractivity contribution is 5.12. The van der Waals surface area contributed by atoms with Gasteiger partial charge in [-0.25, -0.2) is 0 Å². The molecule has 0 radical (unpaired) electrons. The molecule has 0 saturated carbocycles. The molecule has 0 heterocycles. The van der Waals surface area contributed by atoms with Gasteiger partial charge in [-0.1, -0.05) is 19.9 Å². The lowest BCUT2D eigenvalue weighted by Gasteiger charge is -2.10. The van der Waals surface area contributed by atoms with Crippen LogP contribution >= 0.6 is 0 Å². The van der Waals surface area contributed by atoms with Crippen molar-refractivity contribution in [1.29, 1.82) is 0 Å². The highest BCUT2D eigenvalue weighted by Crippen LogP contribution is 2.26. The molecule has 4 heteroatoms. The molecular weight excluding hydrogens is 193 g/mol. The van der Waals surface area contributed by atoms with Gasteiger partial charge in [-0.2, -0.15) is 13.2 Å². The zero-order valence-corrected chi connectivity index (χ0v) is 8.56. The SMILES string of the molecule is CC/C=C(\C=C/C(C)C(F)(F)F)OC. The van der Waals surface area contributed by atoms with Crippen molar-refractivity contribution >= 4 is 0 Å². The van der Waals surface area contributed by atoms with Gasteiger partial charge in [0.25, 0.3) is 0 Å². The van der Waals surface area contributed by atoms with Crippen molar-refractivity contribution in [2.24, 2.45) is 5.92 Å². The Morgan fingerprint density at radius 2 is 2.00 bits per heavy atom. The van der Waals surface area contributed by atoms with E-state index in [1.165, 1.54) is 13.2 Å². The molecule has 0 aliphatic carbocycles. The van der Waals surface area contributed by atoms with Crippen molar-refractivity contribution < 1.29 is 17.9 Å². The Morgan fingerprint density at radius 1 is 1.43 bits per heavy atom. The lowest BCUT2D eigenvalue weighted by atomic mass is 10.1. The second-order valence-electron chi connectivity index (χ2n) is 2.91. The van der Waals surface area contributed by atoms with Crippen LogP contribution in [-0.4, -0.2) is 13.3 Å². The quantitative estimate of drug-likeness (QED) is 0.505. The molecular formula is C10H15F3O. The molecule has 0 bridgehead atoms. The van der Waals surface area contributed by atoms with Crippen molar-refractivity contribution in [3.05, 3.63) is 24.0 Å². The molecule has 1 nitrogen and oxygen atoms in total. The van der Waals surface area contributed by atoms with Crippen molar-refractivity contribution in [3.8, 4) is 0 Å². The number of rotatable bonds is 4. The first-order chi connectivity index (χ1) is 6.41. The predicted molar refractivity (Wildman–Crippen MR) is 49.7 cm³/mol. The summed E-state index contributed by atoms with van der Waals surface area (Å²) < 4.78 is 41.1. The summed E-state index contributed by atoms with van der Waals surface area (Å²) in [6, 6.07) is 0. The van der Waals surface area contributed by atoms with Gasteiger partial charge < -0.3 is 4.74 Å². The maximum Gasteiger partial charge on any atom is 0.394 e. The smallest absolute Gasteiger partial charge is 0.394 e. The maximum absolute atomic E-state index is 12.1. The fraction of sp³-hybridized carbons (Fsp3) is 0.600. The van der Waals surface area contributed by atoms with Gasteiger partial charge in [0.2, 0.25) is 0 Å². The fourth-order valence-electron chi connectivity index (χ4n) is 0.769. The minimum absolute atomic E-state index is 0.462. The Bertz CT molecular complexity index is 216. The Hall–Kier alpha value is -0.930. The molecule has 0 saturated heterocycles. The normalized spacial score (nSPS) is 16.0. The minimum Gasteiger partial charge on any atom is -0.497 e. The molecule has 82 valence electrons. The zero-order chi connectivity index (χ0) is 11.2. The fourth-order valence-corrected chi connectivity index (χ4v) is 0.769. The average molecular weight is 208 g/mol. The Morgan fingerprint density at radius 3 is 2.36 bits per heavy atom. The first-order valence-corrected chi connectivity index (χ1v) is 4.40. The van der Waals surface area contributed by atoms with Crippen LogP contribution < -0.4 is 0 Å². The van der Waals surface area contributed by atoms with Crippen molar-refractivity contribution in [2.75, 3.05) is 7.11 Å². The van der Waals surface area contributed by atoms with Crippen molar-refractivity contribution in [1.82, 2.24) is 0 Å². The summed E-state index contributed by atoms with van der Waals surface area (Å²) in [5.41, 5.74) is 0. The van der Waals surface area contributed by atoms with Crippen LogP contribution in [0.1, 0.15) is 20.3 Å². The number of ether oxygens (including phenoxy) is 1. The Balaban J connectivity index is 4.35. The van der Waals surface area contributed by atoms with Gasteiger partial charge in [-0.3, -0.25) is 0 Å². The topological polar surface area (TPSA) is 9.23 Å². The van der Waals surface area contributed by atoms with Gasteiger partial charge in [0.1, 0.15) is 5.76 Å². The van der Waals surface area contributed by atoms with E-state index in [0.29, 0.717) is 5.76 Å². The predicted octanol–water partition coefficient (Wildman–Crippen LogP) is 3.68. The molecule has 0 aromatic carbocycles. The van der Waals surface area contributed by atoms with Crippen molar-refractivity contribution in [2.45, 2.75) is 26.4 Å². The number of hydrogen-bond acceptors (Lipinski definition) is 1. The van der Waals surface area contributed by atoms with Crippen LogP contribution in [0.5, 0.6) is 0 Å². The van der Waals surface area contributed by atoms with Crippen molar-refractivity contribution in [3.63, 3.8) is 0 Å². The summed E-state index contributed by atoms with van der Waals surface area (Å²) in [6.45, 7) is 3.00. The van der Waals surface area contributed by atoms with E-state index < -0.39 is 12.1 Å². The molecule has 14 heavy (non-hydrogen) atoms. The largest absolute Gasteiger partial charge is 0.497 e. The van der Waals surface area contributed by atoms with Gasteiger partial charge >= 0.3 is 6.18 Å². The average Bonchev–Trinajstić information content (AvgIpc) is 2.10. The van der Waals surface area contributed by atoms with E-state index in [1.54, 1.807) is 6.08 Å². The second kappa shape index (κ2) is 5.73. The number of allylic oxidation sites excluding steroid dienone is 3.